The highest BCUT2D eigenvalue weighted by Crippen LogP contribution is 2.32. The summed E-state index contributed by atoms with van der Waals surface area (Å²) < 4.78 is 18.5. The second-order valence-corrected chi connectivity index (χ2v) is 5.34. The smallest absolute Gasteiger partial charge is 0.145 e. The summed E-state index contributed by atoms with van der Waals surface area (Å²) in [6.07, 6.45) is 0. The Morgan fingerprint density at radius 3 is 2.50 bits per heavy atom. The second-order valence-electron chi connectivity index (χ2n) is 4.94. The Morgan fingerprint density at radius 2 is 1.95 bits per heavy atom. The molecule has 0 amide bonds. The molecule has 1 N–H and O–H groups in total. The summed E-state index contributed by atoms with van der Waals surface area (Å²) in [5, 5.41) is 10.0. The van der Waals surface area contributed by atoms with Crippen molar-refractivity contribution in [2.75, 3.05) is 7.11 Å². The SMILES string of the molecule is COc1ccc(C(C)(C)O)nc1-c1ccc(F)c(Cl)c1. The van der Waals surface area contributed by atoms with Gasteiger partial charge in [0.2, 0.25) is 0 Å². The van der Waals surface area contributed by atoms with Gasteiger partial charge in [-0.15, -0.1) is 0 Å². The van der Waals surface area contributed by atoms with Gasteiger partial charge in [0.15, 0.2) is 0 Å². The Bertz CT molecular complexity index is 638. The Kier molecular flexibility index (Phi) is 3.97. The quantitative estimate of drug-likeness (QED) is 0.937. The Morgan fingerprint density at radius 1 is 1.25 bits per heavy atom. The van der Waals surface area contributed by atoms with Gasteiger partial charge < -0.3 is 9.84 Å². The number of hydrogen-bond acceptors (Lipinski definition) is 3. The van der Waals surface area contributed by atoms with Crippen molar-refractivity contribution in [3.8, 4) is 17.0 Å². The molecule has 1 aromatic heterocycles. The van der Waals surface area contributed by atoms with Crippen LogP contribution in [0.15, 0.2) is 30.3 Å². The van der Waals surface area contributed by atoms with Gasteiger partial charge in [-0.2, -0.15) is 0 Å². The van der Waals surface area contributed by atoms with Crippen LogP contribution >= 0.6 is 11.6 Å². The lowest BCUT2D eigenvalue weighted by Crippen LogP contribution is -2.17. The van der Waals surface area contributed by atoms with Gasteiger partial charge in [0.25, 0.3) is 0 Å². The molecule has 0 unspecified atom stereocenters. The number of aromatic nitrogens is 1. The van der Waals surface area contributed by atoms with Gasteiger partial charge in [-0.05, 0) is 44.2 Å². The molecule has 0 saturated carbocycles. The summed E-state index contributed by atoms with van der Waals surface area (Å²) in [5.74, 6) is 0.0358. The predicted octanol–water partition coefficient (Wildman–Crippen LogP) is 3.78. The highest BCUT2D eigenvalue weighted by atomic mass is 35.5. The van der Waals surface area contributed by atoms with E-state index in [0.29, 0.717) is 22.7 Å². The number of pyridine rings is 1. The van der Waals surface area contributed by atoms with E-state index in [0.717, 1.165) is 0 Å². The van der Waals surface area contributed by atoms with Crippen LogP contribution in [0.25, 0.3) is 11.3 Å². The molecule has 0 aliphatic carbocycles. The standard InChI is InChI=1S/C15H15ClFNO2/c1-15(2,19)13-7-6-12(20-3)14(18-13)9-4-5-11(17)10(16)8-9/h4-8,19H,1-3H3. The van der Waals surface area contributed by atoms with Crippen LogP contribution in [-0.2, 0) is 5.60 Å². The zero-order valence-corrected chi connectivity index (χ0v) is 12.2. The number of aliphatic hydroxyl groups is 1. The summed E-state index contributed by atoms with van der Waals surface area (Å²) >= 11 is 5.80. The monoisotopic (exact) mass is 295 g/mol. The van der Waals surface area contributed by atoms with Crippen LogP contribution in [0.1, 0.15) is 19.5 Å². The van der Waals surface area contributed by atoms with Crippen molar-refractivity contribution in [2.45, 2.75) is 19.4 Å². The van der Waals surface area contributed by atoms with Crippen LogP contribution in [0.2, 0.25) is 5.02 Å². The molecule has 0 atom stereocenters. The van der Waals surface area contributed by atoms with Crippen molar-refractivity contribution in [1.29, 1.82) is 0 Å². The van der Waals surface area contributed by atoms with E-state index in [9.17, 15) is 9.50 Å². The van der Waals surface area contributed by atoms with E-state index < -0.39 is 11.4 Å². The maximum Gasteiger partial charge on any atom is 0.145 e. The summed E-state index contributed by atoms with van der Waals surface area (Å²) in [6.45, 7) is 3.28. The Labute approximate surface area is 122 Å². The number of benzene rings is 1. The fourth-order valence-corrected chi connectivity index (χ4v) is 1.98. The molecule has 5 heteroatoms. The van der Waals surface area contributed by atoms with Crippen LogP contribution in [0.4, 0.5) is 4.39 Å². The third-order valence-electron chi connectivity index (χ3n) is 2.90. The molecule has 106 valence electrons. The zero-order chi connectivity index (χ0) is 14.9. The molecule has 0 spiro atoms. The van der Waals surface area contributed by atoms with Crippen molar-refractivity contribution < 1.29 is 14.2 Å². The lowest BCUT2D eigenvalue weighted by molar-refractivity contribution is 0.0739. The van der Waals surface area contributed by atoms with Crippen molar-refractivity contribution >= 4 is 11.6 Å². The van der Waals surface area contributed by atoms with Crippen molar-refractivity contribution in [3.63, 3.8) is 0 Å². The van der Waals surface area contributed by atoms with Crippen LogP contribution in [0.3, 0.4) is 0 Å². The van der Waals surface area contributed by atoms with E-state index in [4.69, 9.17) is 16.3 Å². The van der Waals surface area contributed by atoms with E-state index in [1.54, 1.807) is 32.0 Å². The summed E-state index contributed by atoms with van der Waals surface area (Å²) in [4.78, 5) is 4.40. The molecule has 0 saturated heterocycles. The van der Waals surface area contributed by atoms with Gasteiger partial charge in [0.1, 0.15) is 22.9 Å². The van der Waals surface area contributed by atoms with Gasteiger partial charge in [0, 0.05) is 5.56 Å². The second kappa shape index (κ2) is 5.38. The normalized spacial score (nSPS) is 11.5. The number of methoxy groups -OCH3 is 1. The molecule has 0 fully saturated rings. The molecule has 3 nitrogen and oxygen atoms in total. The first-order valence-electron chi connectivity index (χ1n) is 6.06. The molecule has 0 aliphatic heterocycles. The molecule has 1 aromatic carbocycles. The van der Waals surface area contributed by atoms with Gasteiger partial charge in [0.05, 0.1) is 17.8 Å². The average Bonchev–Trinajstić information content (AvgIpc) is 2.40. The van der Waals surface area contributed by atoms with Crippen molar-refractivity contribution in [3.05, 3.63) is 46.9 Å². The predicted molar refractivity (Wildman–Crippen MR) is 76.4 cm³/mol. The Balaban J connectivity index is 2.61. The lowest BCUT2D eigenvalue weighted by atomic mass is 10.0. The minimum atomic E-state index is -1.08. The van der Waals surface area contributed by atoms with Crippen LogP contribution < -0.4 is 4.74 Å². The number of halogens is 2. The van der Waals surface area contributed by atoms with Crippen LogP contribution in [0.5, 0.6) is 5.75 Å². The molecule has 2 rings (SSSR count). The molecular formula is C15H15ClFNO2. The largest absolute Gasteiger partial charge is 0.494 e. The first-order chi connectivity index (χ1) is 9.32. The first-order valence-corrected chi connectivity index (χ1v) is 6.44. The van der Waals surface area contributed by atoms with Gasteiger partial charge in [-0.1, -0.05) is 11.6 Å². The third-order valence-corrected chi connectivity index (χ3v) is 3.19. The highest BCUT2D eigenvalue weighted by Gasteiger charge is 2.20. The highest BCUT2D eigenvalue weighted by molar-refractivity contribution is 6.31. The Hall–Kier alpha value is -1.65. The summed E-state index contributed by atoms with van der Waals surface area (Å²) in [7, 11) is 1.52. The maximum atomic E-state index is 13.2. The maximum absolute atomic E-state index is 13.2. The van der Waals surface area contributed by atoms with E-state index >= 15 is 0 Å². The van der Waals surface area contributed by atoms with Gasteiger partial charge in [-0.25, -0.2) is 9.37 Å². The zero-order valence-electron chi connectivity index (χ0n) is 11.4. The molecule has 0 bridgehead atoms. The van der Waals surface area contributed by atoms with Crippen LogP contribution in [-0.4, -0.2) is 17.2 Å². The van der Waals surface area contributed by atoms with E-state index in [-0.39, 0.29) is 5.02 Å². The van der Waals surface area contributed by atoms with Crippen molar-refractivity contribution in [2.24, 2.45) is 0 Å². The van der Waals surface area contributed by atoms with E-state index in [1.807, 2.05) is 0 Å². The molecular weight excluding hydrogens is 281 g/mol. The van der Waals surface area contributed by atoms with Gasteiger partial charge in [-0.3, -0.25) is 0 Å². The van der Waals surface area contributed by atoms with Crippen molar-refractivity contribution in [1.82, 2.24) is 4.98 Å². The first kappa shape index (κ1) is 14.8. The number of rotatable bonds is 3. The number of hydrogen-bond donors (Lipinski definition) is 1. The number of ether oxygens (including phenoxy) is 1. The van der Waals surface area contributed by atoms with Crippen LogP contribution in [0, 0.1) is 5.82 Å². The molecule has 20 heavy (non-hydrogen) atoms. The number of nitrogens with zero attached hydrogens (tertiary/aromatic N) is 1. The molecule has 0 radical (unpaired) electrons. The minimum Gasteiger partial charge on any atom is -0.494 e. The fourth-order valence-electron chi connectivity index (χ4n) is 1.80. The van der Waals surface area contributed by atoms with E-state index in [1.165, 1.54) is 19.2 Å². The topological polar surface area (TPSA) is 42.4 Å². The average molecular weight is 296 g/mol. The van der Waals surface area contributed by atoms with Gasteiger partial charge >= 0.3 is 0 Å². The fraction of sp³-hybridized carbons (Fsp3) is 0.267. The van der Waals surface area contributed by atoms with E-state index in [2.05, 4.69) is 4.98 Å². The lowest BCUT2D eigenvalue weighted by Gasteiger charge is -2.18. The summed E-state index contributed by atoms with van der Waals surface area (Å²) in [6, 6.07) is 7.73. The molecule has 2 aromatic rings. The molecule has 0 aliphatic rings. The summed E-state index contributed by atoms with van der Waals surface area (Å²) in [5.41, 5.74) is 0.548. The third kappa shape index (κ3) is 2.92. The molecule has 1 heterocycles. The minimum absolute atomic E-state index is 0.0139.